The summed E-state index contributed by atoms with van der Waals surface area (Å²) in [5.41, 5.74) is 1.98. The van der Waals surface area contributed by atoms with Crippen LogP contribution >= 0.6 is 0 Å². The molecule has 0 heterocycles. The summed E-state index contributed by atoms with van der Waals surface area (Å²) in [5, 5.41) is 6.55. The monoisotopic (exact) mass is 357 g/mol. The molecule has 0 amide bonds. The Balaban J connectivity index is 2.00. The van der Waals surface area contributed by atoms with Crippen LogP contribution < -0.4 is 24.8 Å². The minimum Gasteiger partial charge on any atom is -0.494 e. The van der Waals surface area contributed by atoms with Crippen molar-refractivity contribution in [3.05, 3.63) is 48.0 Å². The third-order valence-corrected chi connectivity index (χ3v) is 3.62. The van der Waals surface area contributed by atoms with Crippen LogP contribution in [0.25, 0.3) is 0 Å². The molecule has 0 radical (unpaired) electrons. The first-order valence-corrected chi connectivity index (χ1v) is 8.70. The summed E-state index contributed by atoms with van der Waals surface area (Å²) < 4.78 is 16.5. The molecule has 0 fully saturated rings. The van der Waals surface area contributed by atoms with Crippen LogP contribution in [0.5, 0.6) is 17.2 Å². The number of guanidine groups is 1. The SMILES string of the molecule is CCOc1cccc(CNC(=NC)Nc2ccc(OCC)c(OC)c2)c1. The number of benzene rings is 2. The van der Waals surface area contributed by atoms with Gasteiger partial charge in [-0.2, -0.15) is 0 Å². The first-order chi connectivity index (χ1) is 12.7. The maximum absolute atomic E-state index is 5.54. The third kappa shape index (κ3) is 5.58. The molecule has 0 unspecified atom stereocenters. The molecular weight excluding hydrogens is 330 g/mol. The van der Waals surface area contributed by atoms with Gasteiger partial charge in [-0.1, -0.05) is 12.1 Å². The molecule has 26 heavy (non-hydrogen) atoms. The van der Waals surface area contributed by atoms with Gasteiger partial charge in [0.05, 0.1) is 20.3 Å². The second-order valence-corrected chi connectivity index (χ2v) is 5.43. The highest BCUT2D eigenvalue weighted by Crippen LogP contribution is 2.30. The molecule has 0 aliphatic rings. The van der Waals surface area contributed by atoms with E-state index >= 15 is 0 Å². The van der Waals surface area contributed by atoms with Crippen molar-refractivity contribution in [2.45, 2.75) is 20.4 Å². The Bertz CT molecular complexity index is 732. The Morgan fingerprint density at radius 1 is 1.00 bits per heavy atom. The Kier molecular flexibility index (Phi) is 7.61. The number of nitrogens with one attached hydrogen (secondary N) is 2. The van der Waals surface area contributed by atoms with E-state index in [1.54, 1.807) is 14.2 Å². The van der Waals surface area contributed by atoms with Crippen LogP contribution in [0.2, 0.25) is 0 Å². The highest BCUT2D eigenvalue weighted by molar-refractivity contribution is 5.93. The predicted molar refractivity (Wildman–Crippen MR) is 106 cm³/mol. The fourth-order valence-electron chi connectivity index (χ4n) is 2.43. The molecule has 6 nitrogen and oxygen atoms in total. The maximum atomic E-state index is 5.54. The van der Waals surface area contributed by atoms with E-state index < -0.39 is 0 Å². The fraction of sp³-hybridized carbons (Fsp3) is 0.350. The van der Waals surface area contributed by atoms with Crippen molar-refractivity contribution in [2.24, 2.45) is 4.99 Å². The molecular formula is C20H27N3O3. The zero-order valence-corrected chi connectivity index (χ0v) is 15.8. The average Bonchev–Trinajstić information content (AvgIpc) is 2.67. The van der Waals surface area contributed by atoms with Gasteiger partial charge in [0.15, 0.2) is 17.5 Å². The van der Waals surface area contributed by atoms with Crippen LogP contribution in [-0.2, 0) is 6.54 Å². The van der Waals surface area contributed by atoms with Crippen LogP contribution in [0.15, 0.2) is 47.5 Å². The largest absolute Gasteiger partial charge is 0.494 e. The molecule has 0 saturated carbocycles. The Labute approximate surface area is 155 Å². The van der Waals surface area contributed by atoms with Crippen molar-refractivity contribution >= 4 is 11.6 Å². The van der Waals surface area contributed by atoms with E-state index in [4.69, 9.17) is 14.2 Å². The van der Waals surface area contributed by atoms with E-state index in [1.165, 1.54) is 0 Å². The van der Waals surface area contributed by atoms with Gasteiger partial charge >= 0.3 is 0 Å². The number of nitrogens with zero attached hydrogens (tertiary/aromatic N) is 1. The summed E-state index contributed by atoms with van der Waals surface area (Å²) in [5.74, 6) is 2.93. The lowest BCUT2D eigenvalue weighted by atomic mass is 10.2. The third-order valence-electron chi connectivity index (χ3n) is 3.62. The Morgan fingerprint density at radius 2 is 1.81 bits per heavy atom. The number of aliphatic imine (C=N–C) groups is 1. The number of rotatable bonds is 8. The zero-order chi connectivity index (χ0) is 18.8. The lowest BCUT2D eigenvalue weighted by molar-refractivity contribution is 0.311. The van der Waals surface area contributed by atoms with Crippen LogP contribution in [0.1, 0.15) is 19.4 Å². The van der Waals surface area contributed by atoms with E-state index in [0.29, 0.717) is 31.5 Å². The summed E-state index contributed by atoms with van der Waals surface area (Å²) in [7, 11) is 3.36. The number of hydrogen-bond acceptors (Lipinski definition) is 4. The minimum absolute atomic E-state index is 0.590. The molecule has 0 aliphatic heterocycles. The van der Waals surface area contributed by atoms with Gasteiger partial charge in [0.2, 0.25) is 0 Å². The summed E-state index contributed by atoms with van der Waals surface area (Å²) >= 11 is 0. The van der Waals surface area contributed by atoms with Crippen molar-refractivity contribution in [3.63, 3.8) is 0 Å². The summed E-state index contributed by atoms with van der Waals surface area (Å²) in [6.45, 7) is 5.79. The highest BCUT2D eigenvalue weighted by Gasteiger charge is 2.07. The average molecular weight is 357 g/mol. The fourth-order valence-corrected chi connectivity index (χ4v) is 2.43. The molecule has 2 N–H and O–H groups in total. The molecule has 2 aromatic rings. The summed E-state index contributed by atoms with van der Waals surface area (Å²) in [6, 6.07) is 13.7. The summed E-state index contributed by atoms with van der Waals surface area (Å²) in [6.07, 6.45) is 0. The zero-order valence-electron chi connectivity index (χ0n) is 15.8. The quantitative estimate of drug-likeness (QED) is 0.557. The first-order valence-electron chi connectivity index (χ1n) is 8.70. The van der Waals surface area contributed by atoms with Gasteiger partial charge in [-0.25, -0.2) is 0 Å². The molecule has 0 spiro atoms. The van der Waals surface area contributed by atoms with Crippen molar-refractivity contribution < 1.29 is 14.2 Å². The number of anilines is 1. The van der Waals surface area contributed by atoms with Crippen LogP contribution in [0.3, 0.4) is 0 Å². The van der Waals surface area contributed by atoms with Crippen LogP contribution in [-0.4, -0.2) is 33.3 Å². The van der Waals surface area contributed by atoms with Gasteiger partial charge in [-0.15, -0.1) is 0 Å². The molecule has 6 heteroatoms. The van der Waals surface area contributed by atoms with E-state index in [0.717, 1.165) is 22.7 Å². The van der Waals surface area contributed by atoms with Crippen molar-refractivity contribution in [1.29, 1.82) is 0 Å². The second kappa shape index (κ2) is 10.2. The topological polar surface area (TPSA) is 64.1 Å². The predicted octanol–water partition coefficient (Wildman–Crippen LogP) is 3.68. The van der Waals surface area contributed by atoms with Gasteiger partial charge in [0, 0.05) is 25.3 Å². The Hall–Kier alpha value is -2.89. The van der Waals surface area contributed by atoms with E-state index in [2.05, 4.69) is 15.6 Å². The molecule has 0 aliphatic carbocycles. The first kappa shape index (κ1) is 19.4. The molecule has 2 aromatic carbocycles. The number of hydrogen-bond donors (Lipinski definition) is 2. The van der Waals surface area contributed by atoms with Gasteiger partial charge in [-0.05, 0) is 43.7 Å². The van der Waals surface area contributed by atoms with Crippen molar-refractivity contribution in [2.75, 3.05) is 32.7 Å². The van der Waals surface area contributed by atoms with E-state index in [9.17, 15) is 0 Å². The van der Waals surface area contributed by atoms with Crippen LogP contribution in [0.4, 0.5) is 5.69 Å². The Morgan fingerprint density at radius 3 is 2.50 bits per heavy atom. The van der Waals surface area contributed by atoms with Gasteiger partial charge < -0.3 is 24.8 Å². The van der Waals surface area contributed by atoms with Gasteiger partial charge in [0.25, 0.3) is 0 Å². The minimum atomic E-state index is 0.590. The molecule has 140 valence electrons. The van der Waals surface area contributed by atoms with Crippen LogP contribution in [0, 0.1) is 0 Å². The second-order valence-electron chi connectivity index (χ2n) is 5.43. The number of methoxy groups -OCH3 is 1. The van der Waals surface area contributed by atoms with E-state index in [1.807, 2.05) is 56.3 Å². The van der Waals surface area contributed by atoms with Gasteiger partial charge in [-0.3, -0.25) is 4.99 Å². The van der Waals surface area contributed by atoms with E-state index in [-0.39, 0.29) is 0 Å². The molecule has 2 rings (SSSR count). The van der Waals surface area contributed by atoms with Gasteiger partial charge in [0.1, 0.15) is 5.75 Å². The molecule has 0 atom stereocenters. The van der Waals surface area contributed by atoms with Crippen molar-refractivity contribution in [1.82, 2.24) is 5.32 Å². The highest BCUT2D eigenvalue weighted by atomic mass is 16.5. The van der Waals surface area contributed by atoms with Crippen molar-refractivity contribution in [3.8, 4) is 17.2 Å². The smallest absolute Gasteiger partial charge is 0.195 e. The standard InChI is InChI=1S/C20H27N3O3/c1-5-25-17-9-7-8-15(12-17)14-22-20(21-3)23-16-10-11-18(26-6-2)19(13-16)24-4/h7-13H,5-6,14H2,1-4H3,(H2,21,22,23). The summed E-state index contributed by atoms with van der Waals surface area (Å²) in [4.78, 5) is 4.26. The molecule has 0 aromatic heterocycles. The molecule has 0 saturated heterocycles. The maximum Gasteiger partial charge on any atom is 0.195 e. The lowest BCUT2D eigenvalue weighted by Gasteiger charge is -2.15. The lowest BCUT2D eigenvalue weighted by Crippen LogP contribution is -2.30. The molecule has 0 bridgehead atoms. The normalized spacial score (nSPS) is 11.0. The number of ether oxygens (including phenoxy) is 3.